The van der Waals surface area contributed by atoms with E-state index >= 15 is 0 Å². The van der Waals surface area contributed by atoms with Crippen molar-refractivity contribution < 1.29 is 4.79 Å². The molecular formula is C17H29Cl2N5O2. The Bertz CT molecular complexity index is 801. The highest BCUT2D eigenvalue weighted by molar-refractivity contribution is 5.85. The Balaban J connectivity index is 0.00000312. The van der Waals surface area contributed by atoms with Crippen LogP contribution in [0, 0.1) is 13.8 Å². The Morgan fingerprint density at radius 3 is 2.58 bits per heavy atom. The average molecular weight is 406 g/mol. The molecule has 0 aliphatic carbocycles. The van der Waals surface area contributed by atoms with Gasteiger partial charge in [0, 0.05) is 31.7 Å². The molecule has 2 aromatic heterocycles. The van der Waals surface area contributed by atoms with Crippen molar-refractivity contribution in [1.29, 1.82) is 0 Å². The maximum Gasteiger partial charge on any atom is 0.273 e. The van der Waals surface area contributed by atoms with Crippen molar-refractivity contribution in [2.24, 2.45) is 7.05 Å². The average Bonchev–Trinajstić information content (AvgIpc) is 2.79. The Labute approximate surface area is 166 Å². The number of rotatable bonds is 7. The van der Waals surface area contributed by atoms with E-state index in [4.69, 9.17) is 0 Å². The molecule has 3 N–H and O–H groups in total. The molecule has 0 aliphatic heterocycles. The summed E-state index contributed by atoms with van der Waals surface area (Å²) in [5.74, 6) is 0.0145. The van der Waals surface area contributed by atoms with Crippen LogP contribution in [-0.4, -0.2) is 39.8 Å². The molecule has 2 aromatic rings. The van der Waals surface area contributed by atoms with Crippen molar-refractivity contribution in [3.63, 3.8) is 0 Å². The molecule has 0 spiro atoms. The van der Waals surface area contributed by atoms with E-state index in [1.165, 1.54) is 0 Å². The molecule has 0 radical (unpaired) electrons. The quantitative estimate of drug-likeness (QED) is 0.654. The van der Waals surface area contributed by atoms with E-state index in [0.29, 0.717) is 30.4 Å². The number of hydrogen-bond acceptors (Lipinski definition) is 4. The second-order valence-electron chi connectivity index (χ2n) is 6.26. The van der Waals surface area contributed by atoms with Gasteiger partial charge in [-0.3, -0.25) is 19.4 Å². The lowest BCUT2D eigenvalue weighted by atomic mass is 10.0. The van der Waals surface area contributed by atoms with Crippen LogP contribution in [0.3, 0.4) is 0 Å². The molecule has 2 heterocycles. The fourth-order valence-corrected chi connectivity index (χ4v) is 3.03. The lowest BCUT2D eigenvalue weighted by Crippen LogP contribution is -2.38. The molecule has 0 bridgehead atoms. The number of halogens is 2. The molecule has 0 saturated carbocycles. The molecule has 1 amide bonds. The normalized spacial score (nSPS) is 11.6. The van der Waals surface area contributed by atoms with Gasteiger partial charge in [-0.1, -0.05) is 6.92 Å². The van der Waals surface area contributed by atoms with Gasteiger partial charge in [-0.25, -0.2) is 4.98 Å². The summed E-state index contributed by atoms with van der Waals surface area (Å²) in [7, 11) is 1.77. The monoisotopic (exact) mass is 405 g/mol. The van der Waals surface area contributed by atoms with Crippen molar-refractivity contribution in [3.05, 3.63) is 27.2 Å². The molecule has 0 saturated heterocycles. The standard InChI is InChI=1S/C17H27N5O2.2ClH/c1-6-18-10(2)9-19-14(23)8-7-13-11(3)15-16(20-12(13)4)22(5)21-17(15)24;;/h10,18H,6-9H2,1-5H3,(H,19,23)(H,21,24);2*1H/t10-;;/m1../s1. The minimum absolute atomic E-state index is 0. The molecule has 0 aliphatic rings. The van der Waals surface area contributed by atoms with Gasteiger partial charge in [-0.2, -0.15) is 0 Å². The van der Waals surface area contributed by atoms with E-state index in [0.717, 1.165) is 23.4 Å². The van der Waals surface area contributed by atoms with Crippen LogP contribution >= 0.6 is 24.8 Å². The van der Waals surface area contributed by atoms with Crippen molar-refractivity contribution in [1.82, 2.24) is 25.4 Å². The topological polar surface area (TPSA) is 91.8 Å². The van der Waals surface area contributed by atoms with Gasteiger partial charge in [-0.15, -0.1) is 24.8 Å². The second-order valence-corrected chi connectivity index (χ2v) is 6.26. The highest BCUT2D eigenvalue weighted by Gasteiger charge is 2.16. The number of carbonyl (C=O) groups excluding carboxylic acids is 1. The number of nitrogens with one attached hydrogen (secondary N) is 3. The molecule has 9 heteroatoms. The number of aromatic nitrogens is 3. The number of fused-ring (bicyclic) bond motifs is 1. The van der Waals surface area contributed by atoms with E-state index in [1.54, 1.807) is 11.7 Å². The van der Waals surface area contributed by atoms with Crippen LogP contribution in [0.1, 0.15) is 37.1 Å². The first-order valence-corrected chi connectivity index (χ1v) is 8.40. The summed E-state index contributed by atoms with van der Waals surface area (Å²) in [6.07, 6.45) is 0.967. The molecule has 2 rings (SSSR count). The van der Waals surface area contributed by atoms with Crippen LogP contribution in [0.2, 0.25) is 0 Å². The van der Waals surface area contributed by atoms with Crippen LogP contribution < -0.4 is 16.2 Å². The molecule has 7 nitrogen and oxygen atoms in total. The van der Waals surface area contributed by atoms with E-state index in [2.05, 4.69) is 20.7 Å². The summed E-state index contributed by atoms with van der Waals surface area (Å²) in [6, 6.07) is 0.253. The van der Waals surface area contributed by atoms with Crippen LogP contribution in [0.5, 0.6) is 0 Å². The van der Waals surface area contributed by atoms with Crippen LogP contribution in [0.4, 0.5) is 0 Å². The number of likely N-dealkylation sites (N-methyl/N-ethyl adjacent to an activating group) is 1. The largest absolute Gasteiger partial charge is 0.355 e. The SMILES string of the molecule is CCN[C@H](C)CNC(=O)CCc1c(C)nc2c(c1C)c(=O)[nH]n2C.Cl.Cl. The molecule has 0 fully saturated rings. The first-order valence-electron chi connectivity index (χ1n) is 8.40. The number of carbonyl (C=O) groups is 1. The molecule has 1 atom stereocenters. The van der Waals surface area contributed by atoms with Crippen molar-refractivity contribution in [3.8, 4) is 0 Å². The van der Waals surface area contributed by atoms with Gasteiger partial charge in [0.05, 0.1) is 5.39 Å². The van der Waals surface area contributed by atoms with Crippen molar-refractivity contribution >= 4 is 41.8 Å². The number of nitrogens with zero attached hydrogens (tertiary/aromatic N) is 2. The fourth-order valence-electron chi connectivity index (χ4n) is 3.03. The maximum absolute atomic E-state index is 12.1. The highest BCUT2D eigenvalue weighted by Crippen LogP contribution is 2.20. The van der Waals surface area contributed by atoms with Gasteiger partial charge in [0.25, 0.3) is 5.56 Å². The maximum atomic E-state index is 12.1. The Morgan fingerprint density at radius 2 is 1.96 bits per heavy atom. The lowest BCUT2D eigenvalue weighted by Gasteiger charge is -2.14. The number of amides is 1. The summed E-state index contributed by atoms with van der Waals surface area (Å²) >= 11 is 0. The van der Waals surface area contributed by atoms with Gasteiger partial charge in [-0.05, 0) is 44.9 Å². The van der Waals surface area contributed by atoms with Gasteiger partial charge < -0.3 is 10.6 Å². The number of aryl methyl sites for hydroxylation is 3. The second kappa shape index (κ2) is 10.5. The minimum Gasteiger partial charge on any atom is -0.355 e. The van der Waals surface area contributed by atoms with Crippen molar-refractivity contribution in [2.45, 2.75) is 46.6 Å². The number of pyridine rings is 1. The van der Waals surface area contributed by atoms with Gasteiger partial charge in [0.1, 0.15) is 0 Å². The Kier molecular flexibility index (Phi) is 9.91. The first kappa shape index (κ1) is 24.4. The molecule has 0 unspecified atom stereocenters. The third-order valence-electron chi connectivity index (χ3n) is 4.34. The lowest BCUT2D eigenvalue weighted by molar-refractivity contribution is -0.121. The number of aromatic amines is 1. The zero-order valence-electron chi connectivity index (χ0n) is 15.9. The Hall–Kier alpha value is -1.57. The molecule has 26 heavy (non-hydrogen) atoms. The van der Waals surface area contributed by atoms with Crippen LogP contribution in [0.25, 0.3) is 11.0 Å². The van der Waals surface area contributed by atoms with Crippen LogP contribution in [0.15, 0.2) is 4.79 Å². The summed E-state index contributed by atoms with van der Waals surface area (Å²) in [4.78, 5) is 28.6. The summed E-state index contributed by atoms with van der Waals surface area (Å²) < 4.78 is 1.64. The third-order valence-corrected chi connectivity index (χ3v) is 4.34. The van der Waals surface area contributed by atoms with E-state index in [9.17, 15) is 9.59 Å². The fraction of sp³-hybridized carbons (Fsp3) is 0.588. The number of hydrogen-bond donors (Lipinski definition) is 3. The van der Waals surface area contributed by atoms with Gasteiger partial charge in [0.15, 0.2) is 5.65 Å². The van der Waals surface area contributed by atoms with E-state index in [1.807, 2.05) is 27.7 Å². The third kappa shape index (κ3) is 5.46. The smallest absolute Gasteiger partial charge is 0.273 e. The van der Waals surface area contributed by atoms with E-state index in [-0.39, 0.29) is 42.3 Å². The minimum atomic E-state index is -0.136. The van der Waals surface area contributed by atoms with Gasteiger partial charge in [0.2, 0.25) is 5.91 Å². The predicted molar refractivity (Wildman–Crippen MR) is 110 cm³/mol. The highest BCUT2D eigenvalue weighted by atomic mass is 35.5. The Morgan fingerprint density at radius 1 is 1.31 bits per heavy atom. The number of H-pyrrole nitrogens is 1. The summed E-state index contributed by atoms with van der Waals surface area (Å²) in [6.45, 7) is 9.42. The predicted octanol–water partition coefficient (Wildman–Crippen LogP) is 1.77. The van der Waals surface area contributed by atoms with Crippen molar-refractivity contribution in [2.75, 3.05) is 13.1 Å². The van der Waals surface area contributed by atoms with E-state index < -0.39 is 0 Å². The molecule has 0 aromatic carbocycles. The summed E-state index contributed by atoms with van der Waals surface area (Å²) in [5, 5.41) is 9.53. The zero-order chi connectivity index (χ0) is 17.9. The first-order chi connectivity index (χ1) is 11.3. The molecular weight excluding hydrogens is 377 g/mol. The van der Waals surface area contributed by atoms with Gasteiger partial charge >= 0.3 is 0 Å². The molecule has 148 valence electrons. The summed E-state index contributed by atoms with van der Waals surface area (Å²) in [5.41, 5.74) is 3.27. The van der Waals surface area contributed by atoms with Crippen LogP contribution in [-0.2, 0) is 18.3 Å². The zero-order valence-corrected chi connectivity index (χ0v) is 17.6.